The van der Waals surface area contributed by atoms with E-state index in [0.717, 1.165) is 0 Å². The van der Waals surface area contributed by atoms with E-state index in [4.69, 9.17) is 14.2 Å². The predicted molar refractivity (Wildman–Crippen MR) is 104 cm³/mol. The number of rotatable bonds is 8. The molecule has 0 N–H and O–H groups in total. The summed E-state index contributed by atoms with van der Waals surface area (Å²) in [7, 11) is 0. The van der Waals surface area contributed by atoms with Crippen LogP contribution in [-0.4, -0.2) is 19.9 Å². The van der Waals surface area contributed by atoms with E-state index in [-0.39, 0.29) is 23.0 Å². The molecule has 0 heterocycles. The summed E-state index contributed by atoms with van der Waals surface area (Å²) in [5.74, 6) is -0.465. The number of para-hydroxylation sites is 2. The van der Waals surface area contributed by atoms with Crippen LogP contribution in [0.1, 0.15) is 13.8 Å². The second-order valence-corrected chi connectivity index (χ2v) is 7.72. The van der Waals surface area contributed by atoms with Crippen molar-refractivity contribution in [3.8, 4) is 23.0 Å². The van der Waals surface area contributed by atoms with Gasteiger partial charge in [0.2, 0.25) is 23.0 Å². The van der Waals surface area contributed by atoms with E-state index in [1.54, 1.807) is 13.8 Å². The highest BCUT2D eigenvalue weighted by Gasteiger charge is 2.28. The first kappa shape index (κ1) is 20.9. The third kappa shape index (κ3) is 5.30. The highest BCUT2D eigenvalue weighted by Crippen LogP contribution is 2.44. The maximum absolute atomic E-state index is 11.5. The van der Waals surface area contributed by atoms with E-state index >= 15 is 0 Å². The number of nitro groups is 2. The van der Waals surface area contributed by atoms with E-state index in [9.17, 15) is 20.2 Å². The fourth-order valence-electron chi connectivity index (χ4n) is 2.19. The van der Waals surface area contributed by atoms with E-state index in [1.165, 1.54) is 36.4 Å². The summed E-state index contributed by atoms with van der Waals surface area (Å²) in [4.78, 5) is 21.7. The first-order valence-electron chi connectivity index (χ1n) is 7.54. The molecule has 144 valence electrons. The number of hydrogen-bond acceptors (Lipinski definition) is 7. The van der Waals surface area contributed by atoms with E-state index in [0.29, 0.717) is 0 Å². The minimum Gasteiger partial charge on any atom is -0.472 e. The summed E-state index contributed by atoms with van der Waals surface area (Å²) < 4.78 is 16.3. The SMILES string of the molecule is CC(Br)Oc1cccc(Oc2cccc(OC(C)Br)c2[N+](=O)[O-])c1[N+](=O)[O-]. The Balaban J connectivity index is 2.54. The van der Waals surface area contributed by atoms with Crippen LogP contribution in [0.4, 0.5) is 11.4 Å². The lowest BCUT2D eigenvalue weighted by atomic mass is 10.2. The van der Waals surface area contributed by atoms with Gasteiger partial charge in [-0.1, -0.05) is 12.1 Å². The second-order valence-electron chi connectivity index (χ2n) is 5.14. The van der Waals surface area contributed by atoms with Gasteiger partial charge >= 0.3 is 11.4 Å². The van der Waals surface area contributed by atoms with E-state index < -0.39 is 31.2 Å². The molecule has 0 radical (unpaired) electrons. The predicted octanol–water partition coefficient (Wildman–Crippen LogP) is 5.53. The highest BCUT2D eigenvalue weighted by molar-refractivity contribution is 9.09. The molecule has 0 aliphatic carbocycles. The van der Waals surface area contributed by atoms with Gasteiger partial charge in [0.1, 0.15) is 0 Å². The Hall–Kier alpha value is -2.40. The van der Waals surface area contributed by atoms with E-state index in [2.05, 4.69) is 31.9 Å². The topological polar surface area (TPSA) is 114 Å². The van der Waals surface area contributed by atoms with Crippen molar-refractivity contribution in [3.63, 3.8) is 0 Å². The average Bonchev–Trinajstić information content (AvgIpc) is 2.53. The second kappa shape index (κ2) is 9.00. The van der Waals surface area contributed by atoms with Crippen molar-refractivity contribution in [2.24, 2.45) is 0 Å². The van der Waals surface area contributed by atoms with Gasteiger partial charge in [-0.2, -0.15) is 0 Å². The zero-order valence-corrected chi connectivity index (χ0v) is 17.3. The largest absolute Gasteiger partial charge is 0.472 e. The van der Waals surface area contributed by atoms with Gasteiger partial charge in [-0.15, -0.1) is 0 Å². The minimum atomic E-state index is -0.674. The molecule has 27 heavy (non-hydrogen) atoms. The van der Waals surface area contributed by atoms with Crippen molar-refractivity contribution in [1.82, 2.24) is 0 Å². The Morgan fingerprint density at radius 1 is 0.778 bits per heavy atom. The van der Waals surface area contributed by atoms with Crippen molar-refractivity contribution in [1.29, 1.82) is 0 Å². The molecule has 0 spiro atoms. The molecule has 11 heteroatoms. The Morgan fingerprint density at radius 2 is 1.11 bits per heavy atom. The smallest absolute Gasteiger partial charge is 0.353 e. The molecule has 9 nitrogen and oxygen atoms in total. The third-order valence-corrected chi connectivity index (χ3v) is 3.46. The molecule has 0 bridgehead atoms. The van der Waals surface area contributed by atoms with E-state index in [1.807, 2.05) is 0 Å². The Bertz CT molecular complexity index is 789. The number of nitro benzene ring substituents is 2. The number of halogens is 2. The van der Waals surface area contributed by atoms with Crippen molar-refractivity contribution in [2.75, 3.05) is 0 Å². The van der Waals surface area contributed by atoms with Crippen LogP contribution >= 0.6 is 31.9 Å². The number of hydrogen-bond donors (Lipinski definition) is 0. The van der Waals surface area contributed by atoms with Crippen molar-refractivity contribution in [3.05, 3.63) is 56.6 Å². The van der Waals surface area contributed by atoms with Gasteiger partial charge in [-0.3, -0.25) is 20.2 Å². The molecular formula is C16H14Br2N2O7. The maximum Gasteiger partial charge on any atom is 0.353 e. The summed E-state index contributed by atoms with van der Waals surface area (Å²) in [5, 5.41) is 22.0. The highest BCUT2D eigenvalue weighted by atomic mass is 79.9. The zero-order valence-electron chi connectivity index (χ0n) is 14.1. The van der Waals surface area contributed by atoms with Gasteiger partial charge in [-0.25, -0.2) is 0 Å². The molecule has 2 unspecified atom stereocenters. The molecule has 0 aliphatic heterocycles. The number of nitrogens with zero attached hydrogens (tertiary/aromatic N) is 2. The van der Waals surface area contributed by atoms with Crippen LogP contribution < -0.4 is 14.2 Å². The number of ether oxygens (including phenoxy) is 3. The lowest BCUT2D eigenvalue weighted by Crippen LogP contribution is -2.06. The zero-order chi connectivity index (χ0) is 20.1. The van der Waals surface area contributed by atoms with Crippen molar-refractivity contribution in [2.45, 2.75) is 23.9 Å². The van der Waals surface area contributed by atoms with Crippen LogP contribution in [0.25, 0.3) is 0 Å². The fourth-order valence-corrected chi connectivity index (χ4v) is 2.59. The van der Waals surface area contributed by atoms with Gasteiger partial charge in [-0.05, 0) is 70.0 Å². The van der Waals surface area contributed by atoms with Crippen LogP contribution in [0, 0.1) is 20.2 Å². The Kier molecular flexibility index (Phi) is 6.97. The third-order valence-electron chi connectivity index (χ3n) is 3.09. The summed E-state index contributed by atoms with van der Waals surface area (Å²) in [6, 6.07) is 8.44. The van der Waals surface area contributed by atoms with Crippen LogP contribution in [0.5, 0.6) is 23.0 Å². The first-order valence-corrected chi connectivity index (χ1v) is 9.38. The summed E-state index contributed by atoms with van der Waals surface area (Å²) in [5.41, 5.74) is -0.892. The lowest BCUT2D eigenvalue weighted by Gasteiger charge is -2.13. The Labute approximate surface area is 170 Å². The van der Waals surface area contributed by atoms with Crippen LogP contribution in [0.3, 0.4) is 0 Å². The van der Waals surface area contributed by atoms with Crippen LogP contribution in [-0.2, 0) is 0 Å². The molecule has 0 saturated carbocycles. The molecule has 0 fully saturated rings. The first-order chi connectivity index (χ1) is 12.7. The number of benzene rings is 2. The monoisotopic (exact) mass is 504 g/mol. The Morgan fingerprint density at radius 3 is 1.41 bits per heavy atom. The molecule has 2 atom stereocenters. The van der Waals surface area contributed by atoms with Gasteiger partial charge in [0.25, 0.3) is 0 Å². The molecule has 2 aromatic carbocycles. The van der Waals surface area contributed by atoms with Crippen molar-refractivity contribution >= 4 is 43.2 Å². The molecule has 0 amide bonds. The molecule has 0 saturated heterocycles. The standard InChI is InChI=1S/C16H14Br2N2O7/c1-9(17)25-11-5-3-7-13(15(11)19(21)22)27-14-8-4-6-12(26-10(2)18)16(14)20(23)24/h3-10H,1-2H3. The van der Waals surface area contributed by atoms with Gasteiger partial charge in [0, 0.05) is 0 Å². The lowest BCUT2D eigenvalue weighted by molar-refractivity contribution is -0.388. The van der Waals surface area contributed by atoms with Gasteiger partial charge < -0.3 is 14.2 Å². The molecule has 2 aromatic rings. The normalized spacial score (nSPS) is 12.7. The van der Waals surface area contributed by atoms with Gasteiger partial charge in [0.15, 0.2) is 10.0 Å². The molecular weight excluding hydrogens is 492 g/mol. The molecule has 2 rings (SSSR count). The summed E-state index contributed by atoms with van der Waals surface area (Å²) in [6.45, 7) is 3.29. The quantitative estimate of drug-likeness (QED) is 0.263. The van der Waals surface area contributed by atoms with Crippen LogP contribution in [0.2, 0.25) is 0 Å². The van der Waals surface area contributed by atoms with Crippen molar-refractivity contribution < 1.29 is 24.1 Å². The minimum absolute atomic E-state index is 0.0361. The maximum atomic E-state index is 11.5. The van der Waals surface area contributed by atoms with Gasteiger partial charge in [0.05, 0.1) is 9.85 Å². The number of alkyl halides is 2. The summed E-state index contributed by atoms with van der Waals surface area (Å²) >= 11 is 6.31. The molecule has 0 aromatic heterocycles. The average molecular weight is 506 g/mol. The fraction of sp³-hybridized carbons (Fsp3) is 0.250. The van der Waals surface area contributed by atoms with Crippen LogP contribution in [0.15, 0.2) is 36.4 Å². The molecule has 0 aliphatic rings. The summed E-state index contributed by atoms with van der Waals surface area (Å²) in [6.07, 6.45) is 0.